The minimum atomic E-state index is -2.18. The van der Waals surface area contributed by atoms with Crippen molar-refractivity contribution in [2.24, 2.45) is 0 Å². The molecule has 1 fully saturated rings. The number of nitrogens with two attached hydrogens (primary N) is 1. The first-order chi connectivity index (χ1) is 20.8. The SMILES string of the molecule is C#C[C@@]1(OC(=O)c2ccccc2)[C@@H](COC(=O)c2ccccc2)O[C@@H](n2ccc(N)nc2=O)[C@@H]1OC(=O)c1ccccc1. The second-order valence-corrected chi connectivity index (χ2v) is 9.41. The van der Waals surface area contributed by atoms with E-state index < -0.39 is 54.2 Å². The van der Waals surface area contributed by atoms with E-state index in [9.17, 15) is 19.2 Å². The molecule has 0 unspecified atom stereocenters. The van der Waals surface area contributed by atoms with E-state index in [0.29, 0.717) is 0 Å². The average Bonchev–Trinajstić information content (AvgIpc) is 3.33. The molecule has 0 saturated carbocycles. The summed E-state index contributed by atoms with van der Waals surface area (Å²) in [5.41, 5.74) is 3.19. The Morgan fingerprint density at radius 3 is 1.93 bits per heavy atom. The maximum absolute atomic E-state index is 13.4. The van der Waals surface area contributed by atoms with Gasteiger partial charge in [0, 0.05) is 6.20 Å². The Morgan fingerprint density at radius 2 is 1.40 bits per heavy atom. The zero-order valence-corrected chi connectivity index (χ0v) is 22.6. The van der Waals surface area contributed by atoms with Gasteiger partial charge in [0.25, 0.3) is 0 Å². The van der Waals surface area contributed by atoms with Crippen molar-refractivity contribution in [3.05, 3.63) is 130 Å². The zero-order valence-electron chi connectivity index (χ0n) is 22.6. The quantitative estimate of drug-likeness (QED) is 0.188. The van der Waals surface area contributed by atoms with Crippen LogP contribution in [0.25, 0.3) is 0 Å². The summed E-state index contributed by atoms with van der Waals surface area (Å²) >= 11 is 0. The van der Waals surface area contributed by atoms with Crippen molar-refractivity contribution in [3.8, 4) is 12.3 Å². The fourth-order valence-electron chi connectivity index (χ4n) is 4.56. The van der Waals surface area contributed by atoms with Gasteiger partial charge in [0.05, 0.1) is 16.7 Å². The van der Waals surface area contributed by atoms with Crippen LogP contribution >= 0.6 is 0 Å². The van der Waals surface area contributed by atoms with Gasteiger partial charge < -0.3 is 24.7 Å². The third-order valence-corrected chi connectivity index (χ3v) is 6.70. The van der Waals surface area contributed by atoms with E-state index >= 15 is 0 Å². The molecule has 2 N–H and O–H groups in total. The summed E-state index contributed by atoms with van der Waals surface area (Å²) in [6, 6.07) is 25.4. The van der Waals surface area contributed by atoms with E-state index in [1.54, 1.807) is 66.7 Å². The van der Waals surface area contributed by atoms with Gasteiger partial charge in [-0.15, -0.1) is 6.42 Å². The van der Waals surface area contributed by atoms with Crippen LogP contribution in [-0.4, -0.2) is 51.9 Å². The second-order valence-electron chi connectivity index (χ2n) is 9.41. The van der Waals surface area contributed by atoms with E-state index in [-0.39, 0.29) is 22.5 Å². The number of esters is 3. The van der Waals surface area contributed by atoms with Crippen LogP contribution in [0, 0.1) is 12.3 Å². The van der Waals surface area contributed by atoms with Crippen LogP contribution < -0.4 is 11.4 Å². The first kappa shape index (κ1) is 28.8. The lowest BCUT2D eigenvalue weighted by atomic mass is 9.92. The maximum Gasteiger partial charge on any atom is 0.351 e. The molecule has 43 heavy (non-hydrogen) atoms. The molecule has 0 aliphatic carbocycles. The number of hydrogen-bond acceptors (Lipinski definition) is 10. The summed E-state index contributed by atoms with van der Waals surface area (Å²) in [6.45, 7) is -0.535. The van der Waals surface area contributed by atoms with Crippen LogP contribution in [0.15, 0.2) is 108 Å². The molecule has 0 spiro atoms. The summed E-state index contributed by atoms with van der Waals surface area (Å²) in [7, 11) is 0. The normalized spacial score (nSPS) is 20.9. The van der Waals surface area contributed by atoms with Crippen LogP contribution in [0.5, 0.6) is 0 Å². The Hall–Kier alpha value is -5.73. The van der Waals surface area contributed by atoms with Crippen LogP contribution in [-0.2, 0) is 18.9 Å². The number of ether oxygens (including phenoxy) is 4. The first-order valence-corrected chi connectivity index (χ1v) is 13.1. The summed E-state index contributed by atoms with van der Waals surface area (Å²) in [6.07, 6.45) is 2.85. The highest BCUT2D eigenvalue weighted by atomic mass is 16.7. The van der Waals surface area contributed by atoms with Gasteiger partial charge in [0.15, 0.2) is 6.23 Å². The molecule has 2 heterocycles. The average molecular weight is 580 g/mol. The molecule has 216 valence electrons. The van der Waals surface area contributed by atoms with Gasteiger partial charge >= 0.3 is 23.6 Å². The number of terminal acetylenes is 1. The Morgan fingerprint density at radius 1 is 0.860 bits per heavy atom. The first-order valence-electron chi connectivity index (χ1n) is 13.1. The lowest BCUT2D eigenvalue weighted by Gasteiger charge is -2.33. The number of anilines is 1. The number of benzene rings is 3. The molecule has 1 aliphatic heterocycles. The molecule has 3 aromatic carbocycles. The number of hydrogen-bond donors (Lipinski definition) is 1. The maximum atomic E-state index is 13.4. The standard InChI is InChI=1S/C32H25N3O8/c1-2-32(43-30(38)23-16-10-5-11-17-23)24(20-40-28(36)21-12-6-3-7-13-21)41-27(35-19-18-25(33)34-31(35)39)26(32)42-29(37)22-14-8-4-9-15-22/h1,3-19,24,26-27H,20H2,(H2,33,34,39)/t24-,26+,27-,32-/m1/s1. The van der Waals surface area contributed by atoms with Crippen LogP contribution in [0.2, 0.25) is 0 Å². The lowest BCUT2D eigenvalue weighted by molar-refractivity contribution is -0.0784. The third kappa shape index (κ3) is 6.00. The van der Waals surface area contributed by atoms with Gasteiger partial charge in [-0.1, -0.05) is 60.5 Å². The molecule has 1 saturated heterocycles. The zero-order chi connectivity index (χ0) is 30.4. The van der Waals surface area contributed by atoms with Gasteiger partial charge in [0.2, 0.25) is 11.7 Å². The summed E-state index contributed by atoms with van der Waals surface area (Å²) in [4.78, 5) is 56.2. The largest absolute Gasteiger partial charge is 0.459 e. The van der Waals surface area contributed by atoms with Crippen molar-refractivity contribution < 1.29 is 33.3 Å². The molecule has 0 radical (unpaired) electrons. The van der Waals surface area contributed by atoms with Gasteiger partial charge in [-0.3, -0.25) is 4.57 Å². The molecule has 1 aliphatic rings. The van der Waals surface area contributed by atoms with E-state index in [1.807, 2.05) is 0 Å². The molecule has 4 atom stereocenters. The van der Waals surface area contributed by atoms with Gasteiger partial charge in [-0.2, -0.15) is 4.98 Å². The van der Waals surface area contributed by atoms with E-state index in [1.165, 1.54) is 36.5 Å². The molecular weight excluding hydrogens is 554 g/mol. The molecule has 11 heteroatoms. The third-order valence-electron chi connectivity index (χ3n) is 6.70. The molecule has 4 aromatic rings. The minimum Gasteiger partial charge on any atom is -0.459 e. The monoisotopic (exact) mass is 579 g/mol. The number of nitrogen functional groups attached to an aromatic ring is 1. The van der Waals surface area contributed by atoms with Crippen molar-refractivity contribution >= 4 is 23.7 Å². The lowest BCUT2D eigenvalue weighted by Crippen LogP contribution is -2.54. The van der Waals surface area contributed by atoms with Crippen molar-refractivity contribution in [1.29, 1.82) is 0 Å². The Kier molecular flexibility index (Phi) is 8.32. The highest BCUT2D eigenvalue weighted by molar-refractivity contribution is 5.91. The minimum absolute atomic E-state index is 0.0656. The van der Waals surface area contributed by atoms with Crippen molar-refractivity contribution in [2.75, 3.05) is 12.3 Å². The highest BCUT2D eigenvalue weighted by Crippen LogP contribution is 2.42. The van der Waals surface area contributed by atoms with Gasteiger partial charge in [-0.05, 0) is 42.5 Å². The van der Waals surface area contributed by atoms with Crippen molar-refractivity contribution in [2.45, 2.75) is 24.0 Å². The summed E-state index contributed by atoms with van der Waals surface area (Å²) < 4.78 is 24.5. The Bertz CT molecular complexity index is 1720. The number of carbonyl (C=O) groups excluding carboxylic acids is 3. The predicted octanol–water partition coefficient (Wildman–Crippen LogP) is 3.03. The number of carbonyl (C=O) groups is 3. The molecule has 0 amide bonds. The van der Waals surface area contributed by atoms with E-state index in [2.05, 4.69) is 10.9 Å². The number of aromatic nitrogens is 2. The molecular formula is C32H25N3O8. The fourth-order valence-corrected chi connectivity index (χ4v) is 4.56. The van der Waals surface area contributed by atoms with Crippen molar-refractivity contribution in [3.63, 3.8) is 0 Å². The van der Waals surface area contributed by atoms with E-state index in [4.69, 9.17) is 31.1 Å². The Balaban J connectivity index is 1.58. The van der Waals surface area contributed by atoms with Gasteiger partial charge in [-0.25, -0.2) is 19.2 Å². The summed E-state index contributed by atoms with van der Waals surface area (Å²) in [5, 5.41) is 0. The highest BCUT2D eigenvalue weighted by Gasteiger charge is 2.63. The van der Waals surface area contributed by atoms with Crippen LogP contribution in [0.3, 0.4) is 0 Å². The van der Waals surface area contributed by atoms with Gasteiger partial charge in [0.1, 0.15) is 18.5 Å². The van der Waals surface area contributed by atoms with Crippen molar-refractivity contribution in [1.82, 2.24) is 9.55 Å². The number of nitrogens with zero attached hydrogens (tertiary/aromatic N) is 2. The Labute approximate surface area is 245 Å². The van der Waals surface area contributed by atoms with E-state index in [0.717, 1.165) is 4.57 Å². The number of rotatable bonds is 8. The van der Waals surface area contributed by atoms with Crippen LogP contribution in [0.4, 0.5) is 5.82 Å². The summed E-state index contributed by atoms with van der Waals surface area (Å²) in [5.74, 6) is -0.0540. The smallest absolute Gasteiger partial charge is 0.351 e. The van der Waals surface area contributed by atoms with Crippen LogP contribution in [0.1, 0.15) is 37.3 Å². The topological polar surface area (TPSA) is 149 Å². The second kappa shape index (κ2) is 12.4. The molecule has 1 aromatic heterocycles. The molecule has 5 rings (SSSR count). The molecule has 0 bridgehead atoms. The fraction of sp³-hybridized carbons (Fsp3) is 0.156. The predicted molar refractivity (Wildman–Crippen MR) is 153 cm³/mol. The molecule has 11 nitrogen and oxygen atoms in total.